The summed E-state index contributed by atoms with van der Waals surface area (Å²) in [7, 11) is 0. The molecule has 144 valence electrons. The summed E-state index contributed by atoms with van der Waals surface area (Å²) in [6.45, 7) is 7.50. The number of thiocarbonyl (C=S) groups is 1. The third-order valence-electron chi connectivity index (χ3n) is 4.50. The summed E-state index contributed by atoms with van der Waals surface area (Å²) in [4.78, 5) is 17.7. The van der Waals surface area contributed by atoms with Crippen molar-refractivity contribution >= 4 is 28.2 Å². The topological polar surface area (TPSA) is 81.1 Å². The van der Waals surface area contributed by atoms with E-state index >= 15 is 0 Å². The first-order chi connectivity index (χ1) is 13.3. The normalized spacial score (nSPS) is 12.8. The number of aromatic nitrogens is 1. The third kappa shape index (κ3) is 3.97. The van der Waals surface area contributed by atoms with Crippen LogP contribution in [0.25, 0.3) is 22.3 Å². The van der Waals surface area contributed by atoms with Crippen molar-refractivity contribution in [2.45, 2.75) is 33.7 Å². The number of hydrogen-bond acceptors (Lipinski definition) is 5. The maximum absolute atomic E-state index is 13.1. The molecule has 0 unspecified atom stereocenters. The van der Waals surface area contributed by atoms with E-state index in [9.17, 15) is 4.79 Å². The first kappa shape index (κ1) is 19.8. The Bertz CT molecular complexity index is 1130. The van der Waals surface area contributed by atoms with E-state index in [1.807, 2.05) is 38.1 Å². The molecule has 1 aromatic carbocycles. The highest BCUT2D eigenvalue weighted by Gasteiger charge is 2.19. The van der Waals surface area contributed by atoms with Crippen LogP contribution in [0.1, 0.15) is 36.6 Å². The van der Waals surface area contributed by atoms with Gasteiger partial charge in [0.25, 0.3) is 0 Å². The molecule has 0 radical (unpaired) electrons. The Labute approximate surface area is 169 Å². The fraction of sp³-hybridized carbons (Fsp3) is 0.227. The lowest BCUT2D eigenvalue weighted by molar-refractivity contribution is 0.597. The standard InChI is InChI=1S/C22H23N3O2S/c1-12-8-17(15(4)25-19(28)10-13(2)23)22-18(9-12)20(26)14(3)21(27-22)16-6-5-7-24-11-16/h5-11,15H,23H2,1-4H3,(H,25,28)/b13-10-/t15-/m1/s1. The van der Waals surface area contributed by atoms with Crippen LogP contribution in [-0.2, 0) is 0 Å². The molecule has 3 aromatic rings. The van der Waals surface area contributed by atoms with Crippen LogP contribution in [0.5, 0.6) is 0 Å². The summed E-state index contributed by atoms with van der Waals surface area (Å²) >= 11 is 5.34. The van der Waals surface area contributed by atoms with Gasteiger partial charge in [-0.15, -0.1) is 0 Å². The molecule has 0 bridgehead atoms. The zero-order valence-corrected chi connectivity index (χ0v) is 17.2. The minimum Gasteiger partial charge on any atom is -0.455 e. The molecule has 0 aliphatic heterocycles. The van der Waals surface area contributed by atoms with E-state index in [-0.39, 0.29) is 11.5 Å². The van der Waals surface area contributed by atoms with Gasteiger partial charge in [0.2, 0.25) is 0 Å². The Balaban J connectivity index is 2.20. The summed E-state index contributed by atoms with van der Waals surface area (Å²) in [6, 6.07) is 7.40. The molecule has 0 amide bonds. The average Bonchev–Trinajstić information content (AvgIpc) is 2.64. The first-order valence-corrected chi connectivity index (χ1v) is 9.41. The predicted molar refractivity (Wildman–Crippen MR) is 117 cm³/mol. The van der Waals surface area contributed by atoms with Crippen LogP contribution in [0.4, 0.5) is 0 Å². The monoisotopic (exact) mass is 393 g/mol. The molecule has 2 aromatic heterocycles. The van der Waals surface area contributed by atoms with Crippen LogP contribution >= 0.6 is 12.2 Å². The lowest BCUT2D eigenvalue weighted by atomic mass is 9.99. The zero-order valence-electron chi connectivity index (χ0n) is 16.4. The molecule has 0 aliphatic carbocycles. The van der Waals surface area contributed by atoms with Gasteiger partial charge >= 0.3 is 0 Å². The van der Waals surface area contributed by atoms with Crippen molar-refractivity contribution in [1.82, 2.24) is 10.3 Å². The van der Waals surface area contributed by atoms with Gasteiger partial charge in [-0.2, -0.15) is 0 Å². The molecule has 0 saturated carbocycles. The largest absolute Gasteiger partial charge is 0.455 e. The van der Waals surface area contributed by atoms with Gasteiger partial charge < -0.3 is 15.5 Å². The van der Waals surface area contributed by atoms with Crippen molar-refractivity contribution in [3.8, 4) is 11.3 Å². The smallest absolute Gasteiger partial charge is 0.196 e. The summed E-state index contributed by atoms with van der Waals surface area (Å²) < 4.78 is 6.27. The molecule has 2 heterocycles. The maximum atomic E-state index is 13.1. The Hall–Kier alpha value is -2.99. The minimum atomic E-state index is -0.168. The Morgan fingerprint density at radius 2 is 2.11 bits per heavy atom. The highest BCUT2D eigenvalue weighted by molar-refractivity contribution is 7.80. The van der Waals surface area contributed by atoms with Crippen molar-refractivity contribution in [3.05, 3.63) is 75.3 Å². The fourth-order valence-electron chi connectivity index (χ4n) is 3.20. The number of nitrogens with zero attached hydrogens (tertiary/aromatic N) is 1. The summed E-state index contributed by atoms with van der Waals surface area (Å²) in [5, 5.41) is 3.80. The van der Waals surface area contributed by atoms with E-state index < -0.39 is 0 Å². The first-order valence-electron chi connectivity index (χ1n) is 9.00. The molecule has 6 heteroatoms. The average molecular weight is 394 g/mol. The van der Waals surface area contributed by atoms with Crippen molar-refractivity contribution in [1.29, 1.82) is 0 Å². The second kappa shape index (κ2) is 7.94. The van der Waals surface area contributed by atoms with E-state index in [4.69, 9.17) is 22.4 Å². The van der Waals surface area contributed by atoms with Crippen LogP contribution in [0.2, 0.25) is 0 Å². The van der Waals surface area contributed by atoms with E-state index in [2.05, 4.69) is 10.3 Å². The number of fused-ring (bicyclic) bond motifs is 1. The van der Waals surface area contributed by atoms with Gasteiger partial charge in [0.1, 0.15) is 16.3 Å². The number of benzene rings is 1. The van der Waals surface area contributed by atoms with E-state index in [1.54, 1.807) is 32.3 Å². The summed E-state index contributed by atoms with van der Waals surface area (Å²) in [5.74, 6) is 0.531. The minimum absolute atomic E-state index is 0.0440. The Kier molecular flexibility index (Phi) is 5.61. The Morgan fingerprint density at radius 1 is 1.36 bits per heavy atom. The van der Waals surface area contributed by atoms with Gasteiger partial charge in [-0.25, -0.2) is 0 Å². The zero-order chi connectivity index (χ0) is 20.4. The van der Waals surface area contributed by atoms with Gasteiger partial charge in [0.15, 0.2) is 5.43 Å². The molecule has 0 fully saturated rings. The molecule has 1 atom stereocenters. The number of hydrogen-bond donors (Lipinski definition) is 2. The van der Waals surface area contributed by atoms with Crippen LogP contribution in [0.3, 0.4) is 0 Å². The van der Waals surface area contributed by atoms with Crippen molar-refractivity contribution in [2.75, 3.05) is 0 Å². The van der Waals surface area contributed by atoms with Crippen molar-refractivity contribution in [3.63, 3.8) is 0 Å². The molecular formula is C22H23N3O2S. The number of aryl methyl sites for hydroxylation is 1. The number of pyridine rings is 1. The third-order valence-corrected chi connectivity index (χ3v) is 4.74. The fourth-order valence-corrected chi connectivity index (χ4v) is 3.56. The number of nitrogens with one attached hydrogen (secondary N) is 1. The van der Waals surface area contributed by atoms with Crippen molar-refractivity contribution in [2.24, 2.45) is 5.73 Å². The second-order valence-corrected chi connectivity index (χ2v) is 7.42. The van der Waals surface area contributed by atoms with E-state index in [1.165, 1.54) is 0 Å². The Morgan fingerprint density at radius 3 is 2.75 bits per heavy atom. The van der Waals surface area contributed by atoms with E-state index in [0.29, 0.717) is 33.0 Å². The molecule has 28 heavy (non-hydrogen) atoms. The van der Waals surface area contributed by atoms with Crippen molar-refractivity contribution < 1.29 is 4.42 Å². The number of nitrogens with two attached hydrogens (primary N) is 1. The maximum Gasteiger partial charge on any atom is 0.196 e. The molecule has 3 rings (SSSR count). The lowest BCUT2D eigenvalue weighted by Crippen LogP contribution is -2.24. The van der Waals surface area contributed by atoms with E-state index in [0.717, 1.165) is 16.7 Å². The molecule has 0 saturated heterocycles. The molecule has 0 spiro atoms. The summed E-state index contributed by atoms with van der Waals surface area (Å²) in [5.41, 5.74) is 10.0. The van der Waals surface area contributed by atoms with Crippen LogP contribution in [0.15, 0.2) is 57.6 Å². The van der Waals surface area contributed by atoms with Gasteiger partial charge in [-0.3, -0.25) is 9.78 Å². The predicted octanol–water partition coefficient (Wildman–Crippen LogP) is 4.31. The highest BCUT2D eigenvalue weighted by atomic mass is 32.1. The lowest BCUT2D eigenvalue weighted by Gasteiger charge is -2.18. The highest BCUT2D eigenvalue weighted by Crippen LogP contribution is 2.30. The van der Waals surface area contributed by atoms with Gasteiger partial charge in [0.05, 0.1) is 11.4 Å². The summed E-state index contributed by atoms with van der Waals surface area (Å²) in [6.07, 6.45) is 5.08. The molecule has 3 N–H and O–H groups in total. The van der Waals surface area contributed by atoms with Crippen LogP contribution in [0, 0.1) is 13.8 Å². The van der Waals surface area contributed by atoms with Crippen LogP contribution in [-0.4, -0.2) is 9.97 Å². The van der Waals surface area contributed by atoms with Gasteiger partial charge in [-0.1, -0.05) is 18.3 Å². The molecular weight excluding hydrogens is 370 g/mol. The number of allylic oxidation sites excluding steroid dienone is 1. The molecule has 0 aliphatic rings. The SMILES string of the molecule is C/C(N)=C/C(=S)N[C@H](C)c1cc(C)cc2c(=O)c(C)c(-c3cccnc3)oc12. The van der Waals surface area contributed by atoms with Crippen LogP contribution < -0.4 is 16.5 Å². The molecule has 5 nitrogen and oxygen atoms in total. The quantitative estimate of drug-likeness (QED) is 0.508. The number of rotatable bonds is 4. The van der Waals surface area contributed by atoms with Gasteiger partial charge in [-0.05, 0) is 57.5 Å². The van der Waals surface area contributed by atoms with Gasteiger partial charge in [0, 0.05) is 34.8 Å². The second-order valence-electron chi connectivity index (χ2n) is 6.98.